The van der Waals surface area contributed by atoms with Crippen molar-refractivity contribution in [2.24, 2.45) is 0 Å². The standard InChI is InChI=1S/C17H16BrFN2O/c18-16-7-2-1-5-14(16)9-11-21-17(22)20-10-8-13-4-3-6-15(19)12-13/h1-7,9,11-12H,8,10H2,(H2,20,21,22)/b11-9+. The van der Waals surface area contributed by atoms with Gasteiger partial charge in [-0.1, -0.05) is 46.3 Å². The fraction of sp³-hybridized carbons (Fsp3) is 0.118. The van der Waals surface area contributed by atoms with Crippen molar-refractivity contribution >= 4 is 28.0 Å². The maximum absolute atomic E-state index is 13.0. The molecule has 0 aliphatic rings. The molecule has 22 heavy (non-hydrogen) atoms. The van der Waals surface area contributed by atoms with Crippen molar-refractivity contribution in [1.29, 1.82) is 0 Å². The zero-order chi connectivity index (χ0) is 15.8. The Kier molecular flexibility index (Phi) is 6.15. The van der Waals surface area contributed by atoms with Crippen LogP contribution in [0.1, 0.15) is 11.1 Å². The van der Waals surface area contributed by atoms with Gasteiger partial charge in [-0.15, -0.1) is 0 Å². The molecule has 0 bridgehead atoms. The van der Waals surface area contributed by atoms with Gasteiger partial charge in [-0.3, -0.25) is 0 Å². The van der Waals surface area contributed by atoms with Crippen LogP contribution in [0.3, 0.4) is 0 Å². The molecule has 0 aromatic heterocycles. The van der Waals surface area contributed by atoms with E-state index in [1.54, 1.807) is 18.3 Å². The van der Waals surface area contributed by atoms with Crippen LogP contribution in [0.5, 0.6) is 0 Å². The van der Waals surface area contributed by atoms with Crippen LogP contribution in [0.15, 0.2) is 59.2 Å². The van der Waals surface area contributed by atoms with Gasteiger partial charge in [0, 0.05) is 17.2 Å². The molecule has 0 saturated heterocycles. The van der Waals surface area contributed by atoms with Crippen LogP contribution in [0, 0.1) is 5.82 Å². The molecule has 0 saturated carbocycles. The van der Waals surface area contributed by atoms with Gasteiger partial charge in [0.25, 0.3) is 0 Å². The maximum atomic E-state index is 13.0. The van der Waals surface area contributed by atoms with Crippen molar-refractivity contribution in [2.45, 2.75) is 6.42 Å². The molecular weight excluding hydrogens is 347 g/mol. The quantitative estimate of drug-likeness (QED) is 0.825. The number of benzene rings is 2. The first kappa shape index (κ1) is 16.2. The first-order valence-electron chi connectivity index (χ1n) is 6.85. The lowest BCUT2D eigenvalue weighted by atomic mass is 10.1. The van der Waals surface area contributed by atoms with Gasteiger partial charge in [0.05, 0.1) is 0 Å². The fourth-order valence-electron chi connectivity index (χ4n) is 1.88. The number of hydrogen-bond donors (Lipinski definition) is 2. The van der Waals surface area contributed by atoms with Gasteiger partial charge in [0.2, 0.25) is 0 Å². The van der Waals surface area contributed by atoms with E-state index in [1.165, 1.54) is 12.1 Å². The van der Waals surface area contributed by atoms with Gasteiger partial charge < -0.3 is 10.6 Å². The zero-order valence-electron chi connectivity index (χ0n) is 11.9. The predicted molar refractivity (Wildman–Crippen MR) is 89.8 cm³/mol. The van der Waals surface area contributed by atoms with Crippen molar-refractivity contribution in [3.8, 4) is 0 Å². The van der Waals surface area contributed by atoms with E-state index in [1.807, 2.05) is 30.3 Å². The van der Waals surface area contributed by atoms with Crippen molar-refractivity contribution in [2.75, 3.05) is 6.54 Å². The van der Waals surface area contributed by atoms with Crippen LogP contribution >= 0.6 is 15.9 Å². The van der Waals surface area contributed by atoms with Gasteiger partial charge >= 0.3 is 6.03 Å². The van der Waals surface area contributed by atoms with E-state index in [2.05, 4.69) is 26.6 Å². The smallest absolute Gasteiger partial charge is 0.318 e. The molecule has 0 spiro atoms. The molecule has 2 N–H and O–H groups in total. The second-order valence-electron chi connectivity index (χ2n) is 4.64. The molecule has 5 heteroatoms. The Balaban J connectivity index is 1.73. The highest BCUT2D eigenvalue weighted by Gasteiger charge is 1.99. The molecule has 0 aliphatic carbocycles. The molecule has 0 aliphatic heterocycles. The topological polar surface area (TPSA) is 41.1 Å². The SMILES string of the molecule is O=C(N/C=C/c1ccccc1Br)NCCc1cccc(F)c1. The summed E-state index contributed by atoms with van der Waals surface area (Å²) >= 11 is 3.43. The Labute approximate surface area is 137 Å². The van der Waals surface area contributed by atoms with Crippen molar-refractivity contribution in [1.82, 2.24) is 10.6 Å². The first-order valence-corrected chi connectivity index (χ1v) is 7.64. The van der Waals surface area contributed by atoms with E-state index < -0.39 is 0 Å². The summed E-state index contributed by atoms with van der Waals surface area (Å²) in [6.07, 6.45) is 3.97. The second-order valence-corrected chi connectivity index (χ2v) is 5.49. The van der Waals surface area contributed by atoms with Gasteiger partial charge in [-0.2, -0.15) is 0 Å². The van der Waals surface area contributed by atoms with E-state index >= 15 is 0 Å². The van der Waals surface area contributed by atoms with Gasteiger partial charge in [-0.05, 0) is 41.8 Å². The van der Waals surface area contributed by atoms with Crippen LogP contribution < -0.4 is 10.6 Å². The zero-order valence-corrected chi connectivity index (χ0v) is 13.4. The number of halogens is 2. The Morgan fingerprint density at radius 2 is 2.00 bits per heavy atom. The normalized spacial score (nSPS) is 10.6. The molecule has 2 rings (SSSR count). The summed E-state index contributed by atoms with van der Waals surface area (Å²) in [4.78, 5) is 11.6. The summed E-state index contributed by atoms with van der Waals surface area (Å²) < 4.78 is 14.0. The lowest BCUT2D eigenvalue weighted by Gasteiger charge is -2.05. The van der Waals surface area contributed by atoms with E-state index in [0.29, 0.717) is 13.0 Å². The minimum atomic E-state index is -0.292. The van der Waals surface area contributed by atoms with Gasteiger partial charge in [-0.25, -0.2) is 9.18 Å². The maximum Gasteiger partial charge on any atom is 0.318 e. The summed E-state index contributed by atoms with van der Waals surface area (Å²) in [6.45, 7) is 0.443. The van der Waals surface area contributed by atoms with E-state index in [9.17, 15) is 9.18 Å². The summed E-state index contributed by atoms with van der Waals surface area (Å²) in [6, 6.07) is 13.8. The van der Waals surface area contributed by atoms with Crippen LogP contribution in [0.2, 0.25) is 0 Å². The number of carbonyl (C=O) groups is 1. The molecule has 0 atom stereocenters. The Bertz CT molecular complexity index is 673. The van der Waals surface area contributed by atoms with Crippen molar-refractivity contribution in [3.05, 3.63) is 76.1 Å². The average Bonchev–Trinajstić information content (AvgIpc) is 2.49. The molecule has 0 fully saturated rings. The Morgan fingerprint density at radius 1 is 1.18 bits per heavy atom. The summed E-state index contributed by atoms with van der Waals surface area (Å²) in [7, 11) is 0. The Hall–Kier alpha value is -2.14. The molecule has 2 amide bonds. The summed E-state index contributed by atoms with van der Waals surface area (Å²) in [5, 5.41) is 5.35. The van der Waals surface area contributed by atoms with Crippen molar-refractivity contribution < 1.29 is 9.18 Å². The number of amides is 2. The monoisotopic (exact) mass is 362 g/mol. The summed E-state index contributed by atoms with van der Waals surface area (Å²) in [5.41, 5.74) is 1.83. The van der Waals surface area contributed by atoms with Crippen LogP contribution in [-0.2, 0) is 6.42 Å². The first-order chi connectivity index (χ1) is 10.6. The van der Waals surface area contributed by atoms with Crippen molar-refractivity contribution in [3.63, 3.8) is 0 Å². The third-order valence-corrected chi connectivity index (χ3v) is 3.69. The van der Waals surface area contributed by atoms with Gasteiger partial charge in [0.1, 0.15) is 5.82 Å². The molecule has 2 aromatic carbocycles. The van der Waals surface area contributed by atoms with Gasteiger partial charge in [0.15, 0.2) is 0 Å². The largest absolute Gasteiger partial charge is 0.338 e. The molecule has 0 radical (unpaired) electrons. The number of urea groups is 1. The average molecular weight is 363 g/mol. The lowest BCUT2D eigenvalue weighted by Crippen LogP contribution is -2.33. The summed E-state index contributed by atoms with van der Waals surface area (Å²) in [5.74, 6) is -0.265. The van der Waals surface area contributed by atoms with Crippen LogP contribution in [0.25, 0.3) is 6.08 Å². The molecule has 3 nitrogen and oxygen atoms in total. The number of carbonyl (C=O) groups excluding carboxylic acids is 1. The Morgan fingerprint density at radius 3 is 2.77 bits per heavy atom. The number of nitrogens with one attached hydrogen (secondary N) is 2. The second kappa shape index (κ2) is 8.34. The number of rotatable bonds is 5. The molecule has 114 valence electrons. The highest BCUT2D eigenvalue weighted by Crippen LogP contribution is 2.16. The van der Waals surface area contributed by atoms with E-state index in [4.69, 9.17) is 0 Å². The molecule has 2 aromatic rings. The van der Waals surface area contributed by atoms with Crippen LogP contribution in [0.4, 0.5) is 9.18 Å². The lowest BCUT2D eigenvalue weighted by molar-refractivity contribution is 0.244. The van der Waals surface area contributed by atoms with E-state index in [-0.39, 0.29) is 11.8 Å². The van der Waals surface area contributed by atoms with E-state index in [0.717, 1.165) is 15.6 Å². The highest BCUT2D eigenvalue weighted by atomic mass is 79.9. The fourth-order valence-corrected chi connectivity index (χ4v) is 2.30. The third kappa shape index (κ3) is 5.33. The van der Waals surface area contributed by atoms with Crippen LogP contribution in [-0.4, -0.2) is 12.6 Å². The molecular formula is C17H16BrFN2O. The predicted octanol–water partition coefficient (Wildman–Crippen LogP) is 4.10. The molecule has 0 unspecified atom stereocenters. The third-order valence-electron chi connectivity index (χ3n) is 2.97. The minimum Gasteiger partial charge on any atom is -0.338 e. The molecule has 0 heterocycles. The number of hydrogen-bond acceptors (Lipinski definition) is 1. The highest BCUT2D eigenvalue weighted by molar-refractivity contribution is 9.10. The minimum absolute atomic E-state index is 0.265.